The molecule has 1 fully saturated rings. The Labute approximate surface area is 174 Å². The monoisotopic (exact) mass is 408 g/mol. The zero-order chi connectivity index (χ0) is 20.9. The molecule has 30 heavy (non-hydrogen) atoms. The first kappa shape index (κ1) is 20.2. The molecule has 4 rings (SSSR count). The number of fused-ring (bicyclic) bond motifs is 1. The van der Waals surface area contributed by atoms with Crippen LogP contribution in [0.5, 0.6) is 0 Å². The molecule has 1 saturated heterocycles. The second kappa shape index (κ2) is 9.17. The van der Waals surface area contributed by atoms with E-state index in [1.165, 1.54) is 17.0 Å². The highest BCUT2D eigenvalue weighted by Crippen LogP contribution is 2.16. The summed E-state index contributed by atoms with van der Waals surface area (Å²) in [5, 5.41) is 3.62. The van der Waals surface area contributed by atoms with Gasteiger partial charge in [0.15, 0.2) is 0 Å². The number of hydrogen-bond acceptors (Lipinski definition) is 4. The molecular formula is C23H25FN4O2. The van der Waals surface area contributed by atoms with Crippen molar-refractivity contribution < 1.29 is 9.18 Å². The summed E-state index contributed by atoms with van der Waals surface area (Å²) in [5.74, 6) is -0.286. The zero-order valence-electron chi connectivity index (χ0n) is 16.8. The van der Waals surface area contributed by atoms with E-state index >= 15 is 0 Å². The van der Waals surface area contributed by atoms with Gasteiger partial charge in [0.1, 0.15) is 5.82 Å². The topological polar surface area (TPSA) is 67.2 Å². The first-order chi connectivity index (χ1) is 14.6. The van der Waals surface area contributed by atoms with Gasteiger partial charge in [0, 0.05) is 37.7 Å². The SMILES string of the molecule is O=C(CCn1cnc2ccccc2c1=O)NC1CCCN(Cc2ccccc2F)C1. The number of halogens is 1. The maximum Gasteiger partial charge on any atom is 0.261 e. The van der Waals surface area contributed by atoms with Crippen LogP contribution in [-0.4, -0.2) is 39.5 Å². The lowest BCUT2D eigenvalue weighted by atomic mass is 10.0. The molecule has 3 aromatic rings. The van der Waals surface area contributed by atoms with E-state index in [1.54, 1.807) is 30.3 Å². The molecule has 1 aliphatic heterocycles. The van der Waals surface area contributed by atoms with Crippen molar-refractivity contribution in [1.29, 1.82) is 0 Å². The number of benzene rings is 2. The molecule has 0 bridgehead atoms. The summed E-state index contributed by atoms with van der Waals surface area (Å²) in [6.45, 7) is 2.40. The van der Waals surface area contributed by atoms with Crippen LogP contribution >= 0.6 is 0 Å². The molecule has 0 radical (unpaired) electrons. The lowest BCUT2D eigenvalue weighted by Crippen LogP contribution is -2.47. The van der Waals surface area contributed by atoms with E-state index in [2.05, 4.69) is 15.2 Å². The molecule has 1 unspecified atom stereocenters. The fourth-order valence-corrected chi connectivity index (χ4v) is 3.97. The van der Waals surface area contributed by atoms with Gasteiger partial charge in [0.25, 0.3) is 5.56 Å². The first-order valence-electron chi connectivity index (χ1n) is 10.3. The highest BCUT2D eigenvalue weighted by molar-refractivity contribution is 5.77. The van der Waals surface area contributed by atoms with Crippen LogP contribution in [0.25, 0.3) is 10.9 Å². The molecule has 0 aliphatic carbocycles. The summed E-state index contributed by atoms with van der Waals surface area (Å²) in [6, 6.07) is 14.0. The van der Waals surface area contributed by atoms with Crippen molar-refractivity contribution in [1.82, 2.24) is 19.8 Å². The number of piperidine rings is 1. The smallest absolute Gasteiger partial charge is 0.261 e. The number of amides is 1. The number of rotatable bonds is 6. The van der Waals surface area contributed by atoms with Crippen LogP contribution in [0.1, 0.15) is 24.8 Å². The maximum atomic E-state index is 13.9. The summed E-state index contributed by atoms with van der Waals surface area (Å²) in [6.07, 6.45) is 3.56. The third-order valence-electron chi connectivity index (χ3n) is 5.53. The number of aromatic nitrogens is 2. The van der Waals surface area contributed by atoms with Crippen molar-refractivity contribution in [3.63, 3.8) is 0 Å². The summed E-state index contributed by atoms with van der Waals surface area (Å²) in [5.41, 5.74) is 1.19. The molecule has 1 atom stereocenters. The second-order valence-corrected chi connectivity index (χ2v) is 7.74. The molecule has 0 spiro atoms. The fraction of sp³-hybridized carbons (Fsp3) is 0.348. The predicted molar refractivity (Wildman–Crippen MR) is 113 cm³/mol. The van der Waals surface area contributed by atoms with Crippen LogP contribution in [0.3, 0.4) is 0 Å². The predicted octanol–water partition coefficient (Wildman–Crippen LogP) is 2.71. The molecule has 156 valence electrons. The minimum absolute atomic E-state index is 0.0319. The molecule has 0 saturated carbocycles. The van der Waals surface area contributed by atoms with Crippen LogP contribution < -0.4 is 10.9 Å². The first-order valence-corrected chi connectivity index (χ1v) is 10.3. The molecule has 1 N–H and O–H groups in total. The van der Waals surface area contributed by atoms with Gasteiger partial charge >= 0.3 is 0 Å². The van der Waals surface area contributed by atoms with Crippen LogP contribution in [0.4, 0.5) is 4.39 Å². The summed E-state index contributed by atoms with van der Waals surface area (Å²) in [7, 11) is 0. The van der Waals surface area contributed by atoms with Gasteiger partial charge in [0.05, 0.1) is 17.2 Å². The molecule has 6 nitrogen and oxygen atoms in total. The Morgan fingerprint density at radius 1 is 1.17 bits per heavy atom. The fourth-order valence-electron chi connectivity index (χ4n) is 3.97. The average molecular weight is 408 g/mol. The highest BCUT2D eigenvalue weighted by atomic mass is 19.1. The van der Waals surface area contributed by atoms with E-state index in [0.29, 0.717) is 29.6 Å². The van der Waals surface area contributed by atoms with Crippen molar-refractivity contribution in [2.45, 2.75) is 38.4 Å². The van der Waals surface area contributed by atoms with Crippen LogP contribution in [-0.2, 0) is 17.9 Å². The molecule has 1 aromatic heterocycles. The van der Waals surface area contributed by atoms with Crippen LogP contribution in [0.15, 0.2) is 59.7 Å². The summed E-state index contributed by atoms with van der Waals surface area (Å²) < 4.78 is 15.4. The van der Waals surface area contributed by atoms with Crippen molar-refractivity contribution in [3.8, 4) is 0 Å². The molecule has 7 heteroatoms. The molecule has 2 aromatic carbocycles. The maximum absolute atomic E-state index is 13.9. The van der Waals surface area contributed by atoms with Gasteiger partial charge in [-0.15, -0.1) is 0 Å². The zero-order valence-corrected chi connectivity index (χ0v) is 16.8. The Morgan fingerprint density at radius 3 is 2.83 bits per heavy atom. The normalized spacial score (nSPS) is 17.2. The number of carbonyl (C=O) groups excluding carboxylic acids is 1. The van der Waals surface area contributed by atoms with Crippen molar-refractivity contribution >= 4 is 16.8 Å². The number of likely N-dealkylation sites (tertiary alicyclic amines) is 1. The minimum atomic E-state index is -0.196. The lowest BCUT2D eigenvalue weighted by molar-refractivity contribution is -0.122. The van der Waals surface area contributed by atoms with Crippen molar-refractivity contribution in [3.05, 3.63) is 76.6 Å². The van der Waals surface area contributed by atoms with Gasteiger partial charge in [0.2, 0.25) is 5.91 Å². The number of aryl methyl sites for hydroxylation is 1. The third kappa shape index (κ3) is 4.74. The molecule has 1 aliphatic rings. The Bertz CT molecular complexity index is 1100. The van der Waals surface area contributed by atoms with E-state index in [-0.39, 0.29) is 36.3 Å². The van der Waals surface area contributed by atoms with E-state index in [4.69, 9.17) is 0 Å². The Morgan fingerprint density at radius 2 is 1.97 bits per heavy atom. The van der Waals surface area contributed by atoms with Crippen molar-refractivity contribution in [2.75, 3.05) is 13.1 Å². The van der Waals surface area contributed by atoms with E-state index in [1.807, 2.05) is 12.1 Å². The second-order valence-electron chi connectivity index (χ2n) is 7.74. The van der Waals surface area contributed by atoms with E-state index < -0.39 is 0 Å². The quantitative estimate of drug-likeness (QED) is 0.681. The lowest BCUT2D eigenvalue weighted by Gasteiger charge is -2.33. The highest BCUT2D eigenvalue weighted by Gasteiger charge is 2.22. The Kier molecular flexibility index (Phi) is 6.18. The average Bonchev–Trinajstić information content (AvgIpc) is 2.75. The van der Waals surface area contributed by atoms with Gasteiger partial charge in [-0.25, -0.2) is 9.37 Å². The largest absolute Gasteiger partial charge is 0.352 e. The number of para-hydroxylation sites is 1. The van der Waals surface area contributed by atoms with Crippen molar-refractivity contribution in [2.24, 2.45) is 0 Å². The van der Waals surface area contributed by atoms with Gasteiger partial charge in [-0.1, -0.05) is 30.3 Å². The number of nitrogens with zero attached hydrogens (tertiary/aromatic N) is 3. The van der Waals surface area contributed by atoms with Gasteiger partial charge in [-0.2, -0.15) is 0 Å². The summed E-state index contributed by atoms with van der Waals surface area (Å²) in [4.78, 5) is 31.4. The summed E-state index contributed by atoms with van der Waals surface area (Å²) >= 11 is 0. The third-order valence-corrected chi connectivity index (χ3v) is 5.53. The number of nitrogens with one attached hydrogen (secondary N) is 1. The van der Waals surface area contributed by atoms with E-state index in [0.717, 1.165) is 19.4 Å². The van der Waals surface area contributed by atoms with Gasteiger partial charge < -0.3 is 5.32 Å². The molecule has 2 heterocycles. The Hall–Kier alpha value is -3.06. The van der Waals surface area contributed by atoms with Crippen LogP contribution in [0, 0.1) is 5.82 Å². The molecule has 1 amide bonds. The number of carbonyl (C=O) groups is 1. The number of hydrogen-bond donors (Lipinski definition) is 1. The Balaban J connectivity index is 1.31. The van der Waals surface area contributed by atoms with Crippen LogP contribution in [0.2, 0.25) is 0 Å². The van der Waals surface area contributed by atoms with Gasteiger partial charge in [-0.05, 0) is 37.6 Å². The standard InChI is InChI=1S/C23H25FN4O2/c24-20-9-3-1-6-17(20)14-27-12-5-7-18(15-27)26-22(29)11-13-28-16-25-21-10-4-2-8-19(21)23(28)30/h1-4,6,8-10,16,18H,5,7,11-15H2,(H,26,29). The minimum Gasteiger partial charge on any atom is -0.352 e. The van der Waals surface area contributed by atoms with Gasteiger partial charge in [-0.3, -0.25) is 19.1 Å². The van der Waals surface area contributed by atoms with E-state index in [9.17, 15) is 14.0 Å². The molecular weight excluding hydrogens is 383 g/mol.